The van der Waals surface area contributed by atoms with Crippen LogP contribution in [-0.4, -0.2) is 17.6 Å². The third kappa shape index (κ3) is 5.26. The minimum absolute atomic E-state index is 0.0286. The number of amides is 1. The van der Waals surface area contributed by atoms with Crippen LogP contribution >= 0.6 is 23.2 Å². The molecule has 0 spiro atoms. The van der Waals surface area contributed by atoms with Crippen LogP contribution in [0.15, 0.2) is 78.5 Å². The molecule has 0 radical (unpaired) electrons. The SMILES string of the molecule is COc1ccc(CNC(=O)/C(C#N)=C\c2cn(Cc3ccc(Cl)cc3Cl)c3ccccc23)cc1. The maximum Gasteiger partial charge on any atom is 0.262 e. The highest BCUT2D eigenvalue weighted by atomic mass is 35.5. The van der Waals surface area contributed by atoms with Crippen LogP contribution in [0.5, 0.6) is 5.75 Å². The standard InChI is InChI=1S/C27H21Cl2N3O2/c1-34-23-10-6-18(7-11-23)15-31-27(33)20(14-30)12-21-17-32(26-5-3-2-4-24(21)26)16-19-8-9-22(28)13-25(19)29/h2-13,17H,15-16H2,1H3,(H,31,33)/b20-12-. The molecule has 0 aliphatic carbocycles. The Morgan fingerprint density at radius 3 is 2.59 bits per heavy atom. The molecule has 1 aromatic heterocycles. The number of rotatable bonds is 7. The molecule has 0 aliphatic rings. The molecule has 1 N–H and O–H groups in total. The first kappa shape index (κ1) is 23.4. The van der Waals surface area contributed by atoms with Gasteiger partial charge in [-0.25, -0.2) is 0 Å². The fourth-order valence-electron chi connectivity index (χ4n) is 3.68. The van der Waals surface area contributed by atoms with Crippen molar-refractivity contribution in [2.75, 3.05) is 7.11 Å². The Morgan fingerprint density at radius 2 is 1.88 bits per heavy atom. The summed E-state index contributed by atoms with van der Waals surface area (Å²) in [6.45, 7) is 0.828. The molecule has 5 nitrogen and oxygen atoms in total. The third-order valence-electron chi connectivity index (χ3n) is 5.45. The number of nitriles is 1. The Morgan fingerprint density at radius 1 is 1.12 bits per heavy atom. The number of ether oxygens (including phenoxy) is 1. The summed E-state index contributed by atoms with van der Waals surface area (Å²) in [5.41, 5.74) is 3.59. The van der Waals surface area contributed by atoms with Crippen LogP contribution in [0.25, 0.3) is 17.0 Å². The summed E-state index contributed by atoms with van der Waals surface area (Å²) in [4.78, 5) is 12.7. The van der Waals surface area contributed by atoms with Gasteiger partial charge < -0.3 is 14.6 Å². The van der Waals surface area contributed by atoms with E-state index in [4.69, 9.17) is 27.9 Å². The minimum atomic E-state index is -0.434. The normalized spacial score (nSPS) is 11.3. The van der Waals surface area contributed by atoms with E-state index in [-0.39, 0.29) is 5.57 Å². The minimum Gasteiger partial charge on any atom is -0.497 e. The van der Waals surface area contributed by atoms with Crippen LogP contribution in [0.3, 0.4) is 0 Å². The number of fused-ring (bicyclic) bond motifs is 1. The smallest absolute Gasteiger partial charge is 0.262 e. The van der Waals surface area contributed by atoms with E-state index >= 15 is 0 Å². The Balaban J connectivity index is 1.59. The van der Waals surface area contributed by atoms with Gasteiger partial charge in [0.15, 0.2) is 0 Å². The summed E-state index contributed by atoms with van der Waals surface area (Å²) >= 11 is 12.4. The van der Waals surface area contributed by atoms with Crippen molar-refractivity contribution < 1.29 is 9.53 Å². The molecule has 1 amide bonds. The molecule has 4 aromatic rings. The van der Waals surface area contributed by atoms with Crippen LogP contribution in [0.4, 0.5) is 0 Å². The van der Waals surface area contributed by atoms with Gasteiger partial charge in [0.1, 0.15) is 17.4 Å². The molecule has 7 heteroatoms. The van der Waals surface area contributed by atoms with Gasteiger partial charge in [-0.2, -0.15) is 5.26 Å². The molecule has 0 unspecified atom stereocenters. The first-order valence-electron chi connectivity index (χ1n) is 10.5. The van der Waals surface area contributed by atoms with Gasteiger partial charge >= 0.3 is 0 Å². The molecular formula is C27H21Cl2N3O2. The summed E-state index contributed by atoms with van der Waals surface area (Å²) in [5.74, 6) is 0.305. The van der Waals surface area contributed by atoms with Crippen molar-refractivity contribution in [1.29, 1.82) is 5.26 Å². The van der Waals surface area contributed by atoms with Gasteiger partial charge in [0.2, 0.25) is 0 Å². The molecule has 0 bridgehead atoms. The Labute approximate surface area is 207 Å². The molecule has 34 heavy (non-hydrogen) atoms. The topological polar surface area (TPSA) is 67.0 Å². The monoisotopic (exact) mass is 489 g/mol. The van der Waals surface area contributed by atoms with E-state index in [0.717, 1.165) is 33.3 Å². The van der Waals surface area contributed by atoms with Gasteiger partial charge in [-0.1, -0.05) is 59.6 Å². The van der Waals surface area contributed by atoms with Gasteiger partial charge in [-0.3, -0.25) is 4.79 Å². The van der Waals surface area contributed by atoms with E-state index < -0.39 is 5.91 Å². The summed E-state index contributed by atoms with van der Waals surface area (Å²) in [7, 11) is 1.60. The summed E-state index contributed by atoms with van der Waals surface area (Å²) in [6.07, 6.45) is 3.54. The number of para-hydroxylation sites is 1. The number of hydrogen-bond acceptors (Lipinski definition) is 3. The molecule has 0 saturated heterocycles. The quantitative estimate of drug-likeness (QED) is 0.247. The number of halogens is 2. The first-order valence-corrected chi connectivity index (χ1v) is 11.3. The van der Waals surface area contributed by atoms with Crippen molar-refractivity contribution in [2.24, 2.45) is 0 Å². The molecule has 3 aromatic carbocycles. The van der Waals surface area contributed by atoms with Crippen LogP contribution in [-0.2, 0) is 17.9 Å². The summed E-state index contributed by atoms with van der Waals surface area (Å²) in [6, 6.07) is 22.6. The molecule has 0 atom stereocenters. The lowest BCUT2D eigenvalue weighted by molar-refractivity contribution is -0.117. The Kier molecular flexibility index (Phi) is 7.22. The number of nitrogens with one attached hydrogen (secondary N) is 1. The zero-order chi connectivity index (χ0) is 24.1. The van der Waals surface area contributed by atoms with Crippen molar-refractivity contribution in [1.82, 2.24) is 9.88 Å². The molecular weight excluding hydrogens is 469 g/mol. The van der Waals surface area contributed by atoms with Crippen molar-refractivity contribution in [3.63, 3.8) is 0 Å². The van der Waals surface area contributed by atoms with Gasteiger partial charge in [-0.05, 0) is 47.5 Å². The fourth-order valence-corrected chi connectivity index (χ4v) is 4.15. The molecule has 0 saturated carbocycles. The lowest BCUT2D eigenvalue weighted by Crippen LogP contribution is -2.23. The van der Waals surface area contributed by atoms with Crippen molar-refractivity contribution in [3.05, 3.63) is 105 Å². The predicted octanol–water partition coefficient (Wildman–Crippen LogP) is 6.23. The second kappa shape index (κ2) is 10.5. The lowest BCUT2D eigenvalue weighted by Gasteiger charge is -2.08. The number of benzene rings is 3. The zero-order valence-corrected chi connectivity index (χ0v) is 19.9. The highest BCUT2D eigenvalue weighted by molar-refractivity contribution is 6.35. The number of carbonyl (C=O) groups is 1. The maximum absolute atomic E-state index is 12.7. The molecule has 170 valence electrons. The van der Waals surface area contributed by atoms with Crippen LogP contribution in [0.2, 0.25) is 10.0 Å². The van der Waals surface area contributed by atoms with Crippen LogP contribution in [0.1, 0.15) is 16.7 Å². The number of methoxy groups -OCH3 is 1. The maximum atomic E-state index is 12.7. The first-order chi connectivity index (χ1) is 16.5. The number of nitrogens with zero attached hydrogens (tertiary/aromatic N) is 2. The highest BCUT2D eigenvalue weighted by Crippen LogP contribution is 2.27. The van der Waals surface area contributed by atoms with E-state index in [1.807, 2.05) is 71.4 Å². The number of aromatic nitrogens is 1. The second-order valence-corrected chi connectivity index (χ2v) is 8.51. The Bertz CT molecular complexity index is 1420. The van der Waals surface area contributed by atoms with Crippen molar-refractivity contribution >= 4 is 46.1 Å². The largest absolute Gasteiger partial charge is 0.497 e. The van der Waals surface area contributed by atoms with Gasteiger partial charge in [0, 0.05) is 45.8 Å². The number of hydrogen-bond donors (Lipinski definition) is 1. The predicted molar refractivity (Wildman–Crippen MR) is 136 cm³/mol. The van der Waals surface area contributed by atoms with E-state index in [1.54, 1.807) is 25.3 Å². The zero-order valence-electron chi connectivity index (χ0n) is 18.4. The summed E-state index contributed by atoms with van der Waals surface area (Å²) in [5, 5.41) is 14.6. The fraction of sp³-hybridized carbons (Fsp3) is 0.111. The Hall–Kier alpha value is -3.72. The average Bonchev–Trinajstić information content (AvgIpc) is 3.20. The van der Waals surface area contributed by atoms with E-state index in [9.17, 15) is 10.1 Å². The lowest BCUT2D eigenvalue weighted by atomic mass is 10.1. The van der Waals surface area contributed by atoms with Crippen LogP contribution in [0, 0.1) is 11.3 Å². The highest BCUT2D eigenvalue weighted by Gasteiger charge is 2.13. The van der Waals surface area contributed by atoms with E-state index in [1.165, 1.54) is 0 Å². The second-order valence-electron chi connectivity index (χ2n) is 7.67. The molecule has 1 heterocycles. The third-order valence-corrected chi connectivity index (χ3v) is 6.04. The van der Waals surface area contributed by atoms with Gasteiger partial charge in [-0.15, -0.1) is 0 Å². The van der Waals surface area contributed by atoms with Crippen LogP contribution < -0.4 is 10.1 Å². The number of carbonyl (C=O) groups excluding carboxylic acids is 1. The summed E-state index contributed by atoms with van der Waals surface area (Å²) < 4.78 is 7.19. The molecule has 4 rings (SSSR count). The van der Waals surface area contributed by atoms with Gasteiger partial charge in [0.05, 0.1) is 7.11 Å². The molecule has 0 fully saturated rings. The van der Waals surface area contributed by atoms with Crippen molar-refractivity contribution in [2.45, 2.75) is 13.1 Å². The van der Waals surface area contributed by atoms with E-state index in [0.29, 0.717) is 23.1 Å². The molecule has 0 aliphatic heterocycles. The van der Waals surface area contributed by atoms with Crippen molar-refractivity contribution in [3.8, 4) is 11.8 Å². The van der Waals surface area contributed by atoms with E-state index in [2.05, 4.69) is 5.32 Å². The average molecular weight is 490 g/mol. The van der Waals surface area contributed by atoms with Gasteiger partial charge in [0.25, 0.3) is 5.91 Å².